The van der Waals surface area contributed by atoms with Crippen molar-refractivity contribution in [1.29, 1.82) is 0 Å². The lowest BCUT2D eigenvalue weighted by Crippen LogP contribution is -2.26. The molecule has 0 saturated carbocycles. The zero-order valence-electron chi connectivity index (χ0n) is 12.4. The van der Waals surface area contributed by atoms with Crippen molar-refractivity contribution in [3.63, 3.8) is 0 Å². The van der Waals surface area contributed by atoms with Crippen molar-refractivity contribution < 1.29 is 9.32 Å². The lowest BCUT2D eigenvalue weighted by molar-refractivity contribution is 0.0953. The molecule has 0 fully saturated rings. The van der Waals surface area contributed by atoms with Crippen LogP contribution in [0.15, 0.2) is 22.7 Å². The molecule has 7 heteroatoms. The average molecular weight is 289 g/mol. The molecule has 1 heterocycles. The standard InChI is InChI=1S/C14H19N5O2/c1-9-17-13(21-18-9)6-7-16-14(20)10-4-5-12(19(2)3)11(15)8-10/h4-5,8H,6-7,15H2,1-3H3,(H,16,20). The summed E-state index contributed by atoms with van der Waals surface area (Å²) < 4.78 is 4.98. The van der Waals surface area contributed by atoms with Crippen molar-refractivity contribution in [2.45, 2.75) is 13.3 Å². The molecule has 0 bridgehead atoms. The second kappa shape index (κ2) is 6.25. The molecule has 0 saturated heterocycles. The number of nitrogens with two attached hydrogens (primary N) is 1. The Hall–Kier alpha value is -2.57. The zero-order valence-corrected chi connectivity index (χ0v) is 12.4. The summed E-state index contributed by atoms with van der Waals surface area (Å²) in [7, 11) is 3.80. The predicted molar refractivity (Wildman–Crippen MR) is 80.3 cm³/mol. The van der Waals surface area contributed by atoms with E-state index in [1.165, 1.54) is 0 Å². The van der Waals surface area contributed by atoms with Gasteiger partial charge in [-0.3, -0.25) is 4.79 Å². The quantitative estimate of drug-likeness (QED) is 0.797. The van der Waals surface area contributed by atoms with Gasteiger partial charge < -0.3 is 20.5 Å². The Morgan fingerprint density at radius 2 is 2.19 bits per heavy atom. The molecule has 0 atom stereocenters. The molecule has 0 aliphatic heterocycles. The Labute approximate surface area is 123 Å². The topological polar surface area (TPSA) is 97.3 Å². The third-order valence-corrected chi connectivity index (χ3v) is 2.97. The molecular weight excluding hydrogens is 270 g/mol. The van der Waals surface area contributed by atoms with Crippen LogP contribution in [0.25, 0.3) is 0 Å². The van der Waals surface area contributed by atoms with E-state index in [2.05, 4.69) is 15.5 Å². The van der Waals surface area contributed by atoms with Crippen molar-refractivity contribution >= 4 is 17.3 Å². The molecule has 0 radical (unpaired) electrons. The third-order valence-electron chi connectivity index (χ3n) is 2.97. The maximum atomic E-state index is 12.0. The normalized spacial score (nSPS) is 10.4. The number of nitrogen functional groups attached to an aromatic ring is 1. The Morgan fingerprint density at radius 3 is 2.76 bits per heavy atom. The molecule has 0 aliphatic carbocycles. The van der Waals surface area contributed by atoms with Crippen molar-refractivity contribution in [1.82, 2.24) is 15.5 Å². The van der Waals surface area contributed by atoms with Crippen LogP contribution in [0.4, 0.5) is 11.4 Å². The number of benzene rings is 1. The Balaban J connectivity index is 1.92. The molecule has 0 aliphatic rings. The number of aryl methyl sites for hydroxylation is 1. The number of rotatable bonds is 5. The van der Waals surface area contributed by atoms with Gasteiger partial charge in [0.25, 0.3) is 5.91 Å². The van der Waals surface area contributed by atoms with E-state index in [4.69, 9.17) is 10.3 Å². The number of amides is 1. The summed E-state index contributed by atoms with van der Waals surface area (Å²) in [6.07, 6.45) is 0.498. The molecule has 112 valence electrons. The summed E-state index contributed by atoms with van der Waals surface area (Å²) >= 11 is 0. The third kappa shape index (κ3) is 3.71. The molecule has 2 aromatic rings. The van der Waals surface area contributed by atoms with Crippen molar-refractivity contribution in [2.24, 2.45) is 0 Å². The van der Waals surface area contributed by atoms with Gasteiger partial charge in [0.2, 0.25) is 5.89 Å². The number of hydrogen-bond donors (Lipinski definition) is 2. The van der Waals surface area contributed by atoms with Crippen LogP contribution in [-0.4, -0.2) is 36.7 Å². The first-order valence-electron chi connectivity index (χ1n) is 6.61. The summed E-state index contributed by atoms with van der Waals surface area (Å²) in [4.78, 5) is 18.0. The number of nitrogens with zero attached hydrogens (tertiary/aromatic N) is 3. The second-order valence-electron chi connectivity index (χ2n) is 4.91. The number of hydrogen-bond acceptors (Lipinski definition) is 6. The van der Waals surface area contributed by atoms with Gasteiger partial charge in [-0.05, 0) is 25.1 Å². The molecule has 1 amide bonds. The molecule has 1 aromatic heterocycles. The lowest BCUT2D eigenvalue weighted by atomic mass is 10.1. The first-order chi connectivity index (χ1) is 9.97. The molecule has 7 nitrogen and oxygen atoms in total. The lowest BCUT2D eigenvalue weighted by Gasteiger charge is -2.15. The summed E-state index contributed by atoms with van der Waals surface area (Å²) in [6.45, 7) is 2.18. The Bertz CT molecular complexity index is 636. The highest BCUT2D eigenvalue weighted by atomic mass is 16.5. The highest BCUT2D eigenvalue weighted by Gasteiger charge is 2.10. The van der Waals surface area contributed by atoms with E-state index in [0.717, 1.165) is 5.69 Å². The van der Waals surface area contributed by atoms with E-state index >= 15 is 0 Å². The molecule has 0 spiro atoms. The summed E-state index contributed by atoms with van der Waals surface area (Å²) in [5.41, 5.74) is 7.91. The first kappa shape index (κ1) is 14.8. The van der Waals surface area contributed by atoms with Crippen LogP contribution in [0.5, 0.6) is 0 Å². The van der Waals surface area contributed by atoms with Crippen LogP contribution >= 0.6 is 0 Å². The minimum absolute atomic E-state index is 0.178. The smallest absolute Gasteiger partial charge is 0.251 e. The van der Waals surface area contributed by atoms with Gasteiger partial charge in [-0.15, -0.1) is 0 Å². The zero-order chi connectivity index (χ0) is 15.4. The van der Waals surface area contributed by atoms with E-state index in [-0.39, 0.29) is 5.91 Å². The minimum atomic E-state index is -0.178. The maximum absolute atomic E-state index is 12.0. The largest absolute Gasteiger partial charge is 0.397 e. The van der Waals surface area contributed by atoms with Gasteiger partial charge in [0.1, 0.15) is 0 Å². The molecule has 3 N–H and O–H groups in total. The van der Waals surface area contributed by atoms with E-state index in [9.17, 15) is 4.79 Å². The van der Waals surface area contributed by atoms with Gasteiger partial charge in [-0.1, -0.05) is 5.16 Å². The van der Waals surface area contributed by atoms with Crippen molar-refractivity contribution in [3.05, 3.63) is 35.5 Å². The van der Waals surface area contributed by atoms with E-state index in [0.29, 0.717) is 35.9 Å². The fraction of sp³-hybridized carbons (Fsp3) is 0.357. The second-order valence-corrected chi connectivity index (χ2v) is 4.91. The van der Waals surface area contributed by atoms with E-state index < -0.39 is 0 Å². The molecular formula is C14H19N5O2. The Morgan fingerprint density at radius 1 is 1.43 bits per heavy atom. The highest BCUT2D eigenvalue weighted by molar-refractivity contribution is 5.96. The Kier molecular flexibility index (Phi) is 4.42. The fourth-order valence-electron chi connectivity index (χ4n) is 1.93. The van der Waals surface area contributed by atoms with Crippen LogP contribution in [-0.2, 0) is 6.42 Å². The summed E-state index contributed by atoms with van der Waals surface area (Å²) in [5, 5.41) is 6.49. The summed E-state index contributed by atoms with van der Waals surface area (Å²) in [6, 6.07) is 5.24. The first-order valence-corrected chi connectivity index (χ1v) is 6.61. The average Bonchev–Trinajstić information content (AvgIpc) is 2.83. The molecule has 1 aromatic carbocycles. The van der Waals surface area contributed by atoms with Crippen LogP contribution in [0.2, 0.25) is 0 Å². The van der Waals surface area contributed by atoms with Crippen LogP contribution in [0, 0.1) is 6.92 Å². The number of aromatic nitrogens is 2. The van der Waals surface area contributed by atoms with Crippen molar-refractivity contribution in [3.8, 4) is 0 Å². The SMILES string of the molecule is Cc1noc(CCNC(=O)c2ccc(N(C)C)c(N)c2)n1. The monoisotopic (exact) mass is 289 g/mol. The van der Waals surface area contributed by atoms with Gasteiger partial charge in [0, 0.05) is 32.6 Å². The van der Waals surface area contributed by atoms with Crippen LogP contribution in [0.3, 0.4) is 0 Å². The van der Waals surface area contributed by atoms with Crippen LogP contribution in [0.1, 0.15) is 22.1 Å². The number of carbonyl (C=O) groups excluding carboxylic acids is 1. The van der Waals surface area contributed by atoms with Gasteiger partial charge in [-0.25, -0.2) is 0 Å². The van der Waals surface area contributed by atoms with E-state index in [1.807, 2.05) is 25.1 Å². The number of carbonyl (C=O) groups is 1. The molecule has 21 heavy (non-hydrogen) atoms. The number of nitrogens with one attached hydrogen (secondary N) is 1. The highest BCUT2D eigenvalue weighted by Crippen LogP contribution is 2.22. The summed E-state index contributed by atoms with van der Waals surface area (Å²) in [5.74, 6) is 0.918. The number of anilines is 2. The minimum Gasteiger partial charge on any atom is -0.397 e. The van der Waals surface area contributed by atoms with Gasteiger partial charge in [0.05, 0.1) is 11.4 Å². The molecule has 2 rings (SSSR count). The van der Waals surface area contributed by atoms with E-state index in [1.54, 1.807) is 19.1 Å². The van der Waals surface area contributed by atoms with Gasteiger partial charge in [0.15, 0.2) is 5.82 Å². The van der Waals surface area contributed by atoms with Crippen molar-refractivity contribution in [2.75, 3.05) is 31.3 Å². The van der Waals surface area contributed by atoms with Gasteiger partial charge in [-0.2, -0.15) is 4.98 Å². The molecule has 0 unspecified atom stereocenters. The fourth-order valence-corrected chi connectivity index (χ4v) is 1.93. The van der Waals surface area contributed by atoms with Gasteiger partial charge >= 0.3 is 0 Å². The van der Waals surface area contributed by atoms with Crippen LogP contribution < -0.4 is 16.0 Å². The predicted octanol–water partition coefficient (Wildman–Crippen LogP) is 0.999. The maximum Gasteiger partial charge on any atom is 0.251 e.